The van der Waals surface area contributed by atoms with Crippen LogP contribution in [0.4, 0.5) is 4.39 Å². The van der Waals surface area contributed by atoms with E-state index in [4.69, 9.17) is 5.73 Å². The van der Waals surface area contributed by atoms with Crippen LogP contribution in [0.5, 0.6) is 0 Å². The van der Waals surface area contributed by atoms with E-state index in [-0.39, 0.29) is 18.3 Å². The van der Waals surface area contributed by atoms with Crippen LogP contribution in [0.15, 0.2) is 61.1 Å². The van der Waals surface area contributed by atoms with Gasteiger partial charge in [0.2, 0.25) is 5.91 Å². The van der Waals surface area contributed by atoms with E-state index < -0.39 is 5.91 Å². The molecule has 0 aliphatic carbocycles. The molecule has 0 unspecified atom stereocenters. The van der Waals surface area contributed by atoms with Gasteiger partial charge >= 0.3 is 0 Å². The third-order valence-electron chi connectivity index (χ3n) is 3.67. The van der Waals surface area contributed by atoms with Crippen molar-refractivity contribution in [1.29, 1.82) is 0 Å². The molecule has 0 saturated carbocycles. The van der Waals surface area contributed by atoms with Gasteiger partial charge in [0.1, 0.15) is 11.5 Å². The second-order valence-electron chi connectivity index (χ2n) is 5.37. The number of hydrogen-bond donors (Lipinski definition) is 2. The van der Waals surface area contributed by atoms with Gasteiger partial charge in [0.25, 0.3) is 5.91 Å². The van der Waals surface area contributed by atoms with E-state index in [1.165, 1.54) is 24.7 Å². The highest BCUT2D eigenvalue weighted by Gasteiger charge is 2.13. The van der Waals surface area contributed by atoms with Gasteiger partial charge in [0.15, 0.2) is 0 Å². The van der Waals surface area contributed by atoms with Crippen molar-refractivity contribution >= 4 is 11.8 Å². The molecule has 2 aromatic carbocycles. The Balaban J connectivity index is 1.71. The van der Waals surface area contributed by atoms with E-state index >= 15 is 0 Å². The number of rotatable bonds is 5. The van der Waals surface area contributed by atoms with Crippen LogP contribution >= 0.6 is 0 Å². The minimum Gasteiger partial charge on any atom is -0.366 e. The normalized spacial score (nSPS) is 10.4. The average molecular weight is 338 g/mol. The molecule has 0 aliphatic rings. The van der Waals surface area contributed by atoms with Crippen molar-refractivity contribution in [3.05, 3.63) is 83.7 Å². The van der Waals surface area contributed by atoms with E-state index in [1.807, 2.05) is 0 Å². The molecule has 25 heavy (non-hydrogen) atoms. The number of nitrogens with zero attached hydrogens (tertiary/aromatic N) is 2. The maximum absolute atomic E-state index is 13.0. The van der Waals surface area contributed by atoms with Gasteiger partial charge in [-0.2, -0.15) is 0 Å². The lowest BCUT2D eigenvalue weighted by Gasteiger charge is -2.09. The molecule has 0 fully saturated rings. The number of carbonyl (C=O) groups is 2. The highest BCUT2D eigenvalue weighted by Crippen LogP contribution is 2.12. The topological polar surface area (TPSA) is 90.0 Å². The number of halogens is 1. The van der Waals surface area contributed by atoms with Crippen LogP contribution in [0.3, 0.4) is 0 Å². The van der Waals surface area contributed by atoms with Crippen molar-refractivity contribution in [2.45, 2.75) is 6.54 Å². The van der Waals surface area contributed by atoms with Crippen molar-refractivity contribution in [3.8, 4) is 5.69 Å². The fourth-order valence-electron chi connectivity index (χ4n) is 2.33. The number of primary amides is 1. The van der Waals surface area contributed by atoms with Crippen LogP contribution in [-0.2, 0) is 6.54 Å². The summed E-state index contributed by atoms with van der Waals surface area (Å²) in [6, 6.07) is 12.4. The summed E-state index contributed by atoms with van der Waals surface area (Å²) in [5.41, 5.74) is 7.39. The van der Waals surface area contributed by atoms with Crippen molar-refractivity contribution in [1.82, 2.24) is 14.9 Å². The first-order chi connectivity index (χ1) is 12.0. The minimum absolute atomic E-state index is 0.284. The third-order valence-corrected chi connectivity index (χ3v) is 3.67. The Morgan fingerprint density at radius 1 is 1.08 bits per heavy atom. The van der Waals surface area contributed by atoms with E-state index in [0.717, 1.165) is 5.56 Å². The number of aromatic nitrogens is 2. The lowest BCUT2D eigenvalue weighted by Crippen LogP contribution is -2.25. The quantitative estimate of drug-likeness (QED) is 0.746. The molecule has 0 spiro atoms. The molecule has 0 saturated heterocycles. The first-order valence-corrected chi connectivity index (χ1v) is 7.50. The molecule has 6 nitrogen and oxygen atoms in total. The number of nitrogens with two attached hydrogens (primary N) is 1. The minimum atomic E-state index is -0.501. The molecule has 1 heterocycles. The van der Waals surface area contributed by atoms with Gasteiger partial charge in [-0.15, -0.1) is 0 Å². The van der Waals surface area contributed by atoms with Gasteiger partial charge in [-0.25, -0.2) is 9.37 Å². The summed E-state index contributed by atoms with van der Waals surface area (Å²) >= 11 is 0. The maximum Gasteiger partial charge on any atom is 0.270 e. The lowest BCUT2D eigenvalue weighted by molar-refractivity contribution is 0.0942. The molecule has 0 radical (unpaired) electrons. The van der Waals surface area contributed by atoms with Crippen LogP contribution < -0.4 is 11.1 Å². The van der Waals surface area contributed by atoms with Crippen molar-refractivity contribution in [2.75, 3.05) is 0 Å². The number of imidazole rings is 1. The zero-order chi connectivity index (χ0) is 17.8. The van der Waals surface area contributed by atoms with E-state index in [2.05, 4.69) is 10.3 Å². The predicted octanol–water partition coefficient (Wildman–Crippen LogP) is 2.04. The Kier molecular flexibility index (Phi) is 4.56. The molecular weight excluding hydrogens is 323 g/mol. The van der Waals surface area contributed by atoms with Gasteiger partial charge in [0, 0.05) is 17.8 Å². The largest absolute Gasteiger partial charge is 0.366 e. The van der Waals surface area contributed by atoms with Crippen LogP contribution in [0.1, 0.15) is 26.4 Å². The van der Waals surface area contributed by atoms with Crippen LogP contribution in [0.25, 0.3) is 5.69 Å². The predicted molar refractivity (Wildman–Crippen MR) is 89.7 cm³/mol. The van der Waals surface area contributed by atoms with E-state index in [9.17, 15) is 14.0 Å². The number of carbonyl (C=O) groups excluding carboxylic acids is 2. The van der Waals surface area contributed by atoms with Gasteiger partial charge < -0.3 is 11.1 Å². The summed E-state index contributed by atoms with van der Waals surface area (Å²) in [7, 11) is 0. The van der Waals surface area contributed by atoms with Crippen LogP contribution in [-0.4, -0.2) is 21.4 Å². The molecule has 2 amide bonds. The highest BCUT2D eigenvalue weighted by atomic mass is 19.1. The molecule has 7 heteroatoms. The molecular formula is C18H15FN4O2. The Morgan fingerprint density at radius 2 is 1.76 bits per heavy atom. The SMILES string of the molecule is NC(=O)c1ccc(CNC(=O)c2cncn2-c2ccc(F)cc2)cc1. The summed E-state index contributed by atoms with van der Waals surface area (Å²) in [5.74, 6) is -1.17. The monoisotopic (exact) mass is 338 g/mol. The standard InChI is InChI=1S/C18H15FN4O2/c19-14-5-7-15(8-6-14)23-11-21-10-16(23)18(25)22-9-12-1-3-13(4-2-12)17(20)24/h1-8,10-11H,9H2,(H2,20,24)(H,22,25). The zero-order valence-electron chi connectivity index (χ0n) is 13.1. The molecule has 0 bridgehead atoms. The second-order valence-corrected chi connectivity index (χ2v) is 5.37. The molecule has 3 N–H and O–H groups in total. The maximum atomic E-state index is 13.0. The Hall–Kier alpha value is -3.48. The van der Waals surface area contributed by atoms with Crippen molar-refractivity contribution < 1.29 is 14.0 Å². The van der Waals surface area contributed by atoms with Gasteiger partial charge in [-0.05, 0) is 42.0 Å². The molecule has 0 atom stereocenters. The highest BCUT2D eigenvalue weighted by molar-refractivity contribution is 5.93. The zero-order valence-corrected chi connectivity index (χ0v) is 13.1. The lowest BCUT2D eigenvalue weighted by atomic mass is 10.1. The Morgan fingerprint density at radius 3 is 2.40 bits per heavy atom. The number of nitrogens with one attached hydrogen (secondary N) is 1. The smallest absolute Gasteiger partial charge is 0.270 e. The van der Waals surface area contributed by atoms with Crippen molar-refractivity contribution in [2.24, 2.45) is 5.73 Å². The van der Waals surface area contributed by atoms with Gasteiger partial charge in [0.05, 0.1) is 12.5 Å². The average Bonchev–Trinajstić information content (AvgIpc) is 3.10. The molecule has 3 aromatic rings. The molecule has 126 valence electrons. The van der Waals surface area contributed by atoms with E-state index in [0.29, 0.717) is 16.9 Å². The molecule has 3 rings (SSSR count). The van der Waals surface area contributed by atoms with E-state index in [1.54, 1.807) is 41.0 Å². The fraction of sp³-hybridized carbons (Fsp3) is 0.0556. The summed E-state index contributed by atoms with van der Waals surface area (Å²) in [6.45, 7) is 0.284. The first kappa shape index (κ1) is 16.4. The number of hydrogen-bond acceptors (Lipinski definition) is 3. The van der Waals surface area contributed by atoms with Gasteiger partial charge in [-0.1, -0.05) is 12.1 Å². The fourth-order valence-corrected chi connectivity index (χ4v) is 2.33. The Bertz CT molecular complexity index is 902. The summed E-state index contributed by atoms with van der Waals surface area (Å²) in [5, 5.41) is 2.78. The molecule has 0 aliphatic heterocycles. The number of amides is 2. The second kappa shape index (κ2) is 6.96. The number of benzene rings is 2. The summed E-state index contributed by atoms with van der Waals surface area (Å²) in [4.78, 5) is 27.4. The first-order valence-electron chi connectivity index (χ1n) is 7.50. The Labute approximate surface area is 143 Å². The van der Waals surface area contributed by atoms with Crippen LogP contribution in [0, 0.1) is 5.82 Å². The summed E-state index contributed by atoms with van der Waals surface area (Å²) in [6.07, 6.45) is 2.93. The molecule has 1 aromatic heterocycles. The third kappa shape index (κ3) is 3.72. The summed E-state index contributed by atoms with van der Waals surface area (Å²) < 4.78 is 14.6. The van der Waals surface area contributed by atoms with Gasteiger partial charge in [-0.3, -0.25) is 14.2 Å². The van der Waals surface area contributed by atoms with Crippen molar-refractivity contribution in [3.63, 3.8) is 0 Å². The van der Waals surface area contributed by atoms with Crippen LogP contribution in [0.2, 0.25) is 0 Å².